The summed E-state index contributed by atoms with van der Waals surface area (Å²) in [6, 6.07) is 3.65. The van der Waals surface area contributed by atoms with Crippen molar-refractivity contribution in [2.45, 2.75) is 11.8 Å². The van der Waals surface area contributed by atoms with Crippen LogP contribution in [0.15, 0.2) is 35.2 Å². The summed E-state index contributed by atoms with van der Waals surface area (Å²) in [4.78, 5) is -0.256. The molecule has 88 valence electrons. The minimum Gasteiger partial charge on any atom is -0.395 e. The monoisotopic (exact) mass is 244 g/mol. The largest absolute Gasteiger partial charge is 0.395 e. The molecular weight excluding hydrogens is 231 g/mol. The first-order chi connectivity index (χ1) is 7.34. The number of nitrogens with one attached hydrogen (secondary N) is 1. The van der Waals surface area contributed by atoms with Crippen LogP contribution in [0.4, 0.5) is 10.1 Å². The van der Waals surface area contributed by atoms with Crippen molar-refractivity contribution < 1.29 is 12.8 Å². The van der Waals surface area contributed by atoms with Gasteiger partial charge in [-0.25, -0.2) is 17.5 Å². The molecule has 0 aliphatic carbocycles. The standard InChI is InChI=1S/C10H13FN2O2S/c1-7(2)6-13-16(14,15)9-5-3-4-8(11)10(9)12/h3-5,13H,1,6,12H2,2H3. The topological polar surface area (TPSA) is 72.2 Å². The fraction of sp³-hybridized carbons (Fsp3) is 0.200. The van der Waals surface area contributed by atoms with E-state index < -0.39 is 15.8 Å². The van der Waals surface area contributed by atoms with Crippen molar-refractivity contribution >= 4 is 15.7 Å². The van der Waals surface area contributed by atoms with Gasteiger partial charge in [0, 0.05) is 6.54 Å². The summed E-state index contributed by atoms with van der Waals surface area (Å²) in [7, 11) is -3.78. The molecule has 16 heavy (non-hydrogen) atoms. The number of halogens is 1. The summed E-state index contributed by atoms with van der Waals surface area (Å²) < 4.78 is 38.8. The Bertz CT molecular complexity index is 512. The zero-order chi connectivity index (χ0) is 12.3. The average Bonchev–Trinajstić information content (AvgIpc) is 2.19. The molecule has 0 spiro atoms. The van der Waals surface area contributed by atoms with Crippen LogP contribution in [0.1, 0.15) is 6.92 Å². The van der Waals surface area contributed by atoms with Crippen LogP contribution in [0.2, 0.25) is 0 Å². The minimum absolute atomic E-state index is 0.0955. The molecule has 0 saturated heterocycles. The predicted octanol–water partition coefficient (Wildman–Crippen LogP) is 1.26. The van der Waals surface area contributed by atoms with Crippen LogP contribution in [0.25, 0.3) is 0 Å². The quantitative estimate of drug-likeness (QED) is 0.618. The normalized spacial score (nSPS) is 11.4. The van der Waals surface area contributed by atoms with E-state index in [-0.39, 0.29) is 17.1 Å². The second kappa shape index (κ2) is 4.63. The molecule has 0 fully saturated rings. The van der Waals surface area contributed by atoms with Crippen LogP contribution < -0.4 is 10.5 Å². The summed E-state index contributed by atoms with van der Waals surface area (Å²) in [6.45, 7) is 5.33. The molecule has 0 aliphatic heterocycles. The highest BCUT2D eigenvalue weighted by Crippen LogP contribution is 2.20. The molecule has 0 aliphatic rings. The first-order valence-corrected chi connectivity index (χ1v) is 6.01. The molecule has 4 nitrogen and oxygen atoms in total. The van der Waals surface area contributed by atoms with Crippen molar-refractivity contribution in [3.05, 3.63) is 36.2 Å². The number of sulfonamides is 1. The SMILES string of the molecule is C=C(C)CNS(=O)(=O)c1cccc(F)c1N. The lowest BCUT2D eigenvalue weighted by molar-refractivity contribution is 0.582. The lowest BCUT2D eigenvalue weighted by Gasteiger charge is -2.09. The molecule has 0 amide bonds. The van der Waals surface area contributed by atoms with Crippen LogP contribution in [0.5, 0.6) is 0 Å². The van der Waals surface area contributed by atoms with Gasteiger partial charge in [0.05, 0.1) is 5.69 Å². The van der Waals surface area contributed by atoms with Crippen molar-refractivity contribution in [1.82, 2.24) is 4.72 Å². The number of hydrogen-bond acceptors (Lipinski definition) is 3. The van der Waals surface area contributed by atoms with E-state index in [4.69, 9.17) is 5.73 Å². The van der Waals surface area contributed by atoms with Crippen LogP contribution in [0, 0.1) is 5.82 Å². The number of anilines is 1. The predicted molar refractivity (Wildman–Crippen MR) is 60.8 cm³/mol. The lowest BCUT2D eigenvalue weighted by atomic mass is 10.3. The summed E-state index contributed by atoms with van der Waals surface area (Å²) in [6.07, 6.45) is 0. The zero-order valence-electron chi connectivity index (χ0n) is 8.83. The Morgan fingerprint density at radius 3 is 2.75 bits per heavy atom. The highest BCUT2D eigenvalue weighted by molar-refractivity contribution is 7.89. The number of hydrogen-bond donors (Lipinski definition) is 2. The maximum absolute atomic E-state index is 13.1. The highest BCUT2D eigenvalue weighted by Gasteiger charge is 2.18. The Hall–Kier alpha value is -1.40. The molecule has 0 heterocycles. The molecule has 0 aromatic heterocycles. The van der Waals surface area contributed by atoms with E-state index in [1.807, 2.05) is 0 Å². The van der Waals surface area contributed by atoms with Crippen molar-refractivity contribution in [2.24, 2.45) is 0 Å². The molecule has 1 rings (SSSR count). The van der Waals surface area contributed by atoms with E-state index in [1.54, 1.807) is 6.92 Å². The van der Waals surface area contributed by atoms with Crippen molar-refractivity contribution in [1.29, 1.82) is 0 Å². The molecule has 0 radical (unpaired) electrons. The summed E-state index contributed by atoms with van der Waals surface area (Å²) in [5.41, 5.74) is 5.63. The maximum Gasteiger partial charge on any atom is 0.243 e. The van der Waals surface area contributed by atoms with Gasteiger partial charge in [-0.1, -0.05) is 18.2 Å². The molecule has 0 unspecified atom stereocenters. The molecule has 3 N–H and O–H groups in total. The van der Waals surface area contributed by atoms with Gasteiger partial charge < -0.3 is 5.73 Å². The van der Waals surface area contributed by atoms with E-state index >= 15 is 0 Å². The zero-order valence-corrected chi connectivity index (χ0v) is 9.64. The Morgan fingerprint density at radius 1 is 1.56 bits per heavy atom. The van der Waals surface area contributed by atoms with Gasteiger partial charge in [0.25, 0.3) is 0 Å². The number of nitrogen functional groups attached to an aromatic ring is 1. The first-order valence-electron chi connectivity index (χ1n) is 4.52. The third kappa shape index (κ3) is 2.80. The van der Waals surface area contributed by atoms with Gasteiger partial charge in [-0.2, -0.15) is 0 Å². The molecule has 1 aromatic rings. The smallest absolute Gasteiger partial charge is 0.243 e. The fourth-order valence-electron chi connectivity index (χ4n) is 1.05. The first kappa shape index (κ1) is 12.7. The van der Waals surface area contributed by atoms with E-state index in [1.165, 1.54) is 12.1 Å². The number of rotatable bonds is 4. The fourth-order valence-corrected chi connectivity index (χ4v) is 2.28. The van der Waals surface area contributed by atoms with Crippen molar-refractivity contribution in [2.75, 3.05) is 12.3 Å². The van der Waals surface area contributed by atoms with Gasteiger partial charge in [-0.3, -0.25) is 0 Å². The average molecular weight is 244 g/mol. The third-order valence-electron chi connectivity index (χ3n) is 1.87. The lowest BCUT2D eigenvalue weighted by Crippen LogP contribution is -2.26. The van der Waals surface area contributed by atoms with E-state index in [9.17, 15) is 12.8 Å². The molecule has 1 aromatic carbocycles. The molecule has 0 atom stereocenters. The van der Waals surface area contributed by atoms with E-state index in [0.717, 1.165) is 6.07 Å². The molecule has 0 saturated carbocycles. The second-order valence-electron chi connectivity index (χ2n) is 3.43. The Labute approximate surface area is 94.0 Å². The van der Waals surface area contributed by atoms with Gasteiger partial charge in [0.2, 0.25) is 10.0 Å². The van der Waals surface area contributed by atoms with Crippen LogP contribution >= 0.6 is 0 Å². The highest BCUT2D eigenvalue weighted by atomic mass is 32.2. The van der Waals surface area contributed by atoms with Gasteiger partial charge in [0.15, 0.2) is 0 Å². The Balaban J connectivity index is 3.08. The summed E-state index contributed by atoms with van der Waals surface area (Å²) in [5.74, 6) is -0.752. The molecule has 0 bridgehead atoms. The number of benzene rings is 1. The van der Waals surface area contributed by atoms with E-state index in [2.05, 4.69) is 11.3 Å². The van der Waals surface area contributed by atoms with Crippen LogP contribution in [-0.2, 0) is 10.0 Å². The van der Waals surface area contributed by atoms with Gasteiger partial charge in [0.1, 0.15) is 10.7 Å². The number of nitrogens with two attached hydrogens (primary N) is 1. The van der Waals surface area contributed by atoms with Crippen molar-refractivity contribution in [3.8, 4) is 0 Å². The number of para-hydroxylation sites is 1. The minimum atomic E-state index is -3.78. The van der Waals surface area contributed by atoms with E-state index in [0.29, 0.717) is 5.57 Å². The van der Waals surface area contributed by atoms with Crippen LogP contribution in [0.3, 0.4) is 0 Å². The Kier molecular flexibility index (Phi) is 3.66. The van der Waals surface area contributed by atoms with Crippen molar-refractivity contribution in [3.63, 3.8) is 0 Å². The van der Waals surface area contributed by atoms with Gasteiger partial charge in [-0.15, -0.1) is 0 Å². The Morgan fingerprint density at radius 2 is 2.19 bits per heavy atom. The van der Waals surface area contributed by atoms with Gasteiger partial charge in [-0.05, 0) is 19.1 Å². The third-order valence-corrected chi connectivity index (χ3v) is 3.33. The molecule has 6 heteroatoms. The maximum atomic E-state index is 13.1. The summed E-state index contributed by atoms with van der Waals surface area (Å²) in [5, 5.41) is 0. The summed E-state index contributed by atoms with van der Waals surface area (Å²) >= 11 is 0. The second-order valence-corrected chi connectivity index (χ2v) is 5.17. The van der Waals surface area contributed by atoms with Gasteiger partial charge >= 0.3 is 0 Å². The molecular formula is C10H13FN2O2S. The van der Waals surface area contributed by atoms with Crippen LogP contribution in [-0.4, -0.2) is 15.0 Å².